The molecule has 1 fully saturated rings. The third kappa shape index (κ3) is 2.15. The summed E-state index contributed by atoms with van der Waals surface area (Å²) in [4.78, 5) is 18.0. The van der Waals surface area contributed by atoms with Gasteiger partial charge in [0.2, 0.25) is 0 Å². The van der Waals surface area contributed by atoms with Crippen molar-refractivity contribution >= 4 is 11.7 Å². The average Bonchev–Trinajstić information content (AvgIpc) is 2.29. The van der Waals surface area contributed by atoms with Crippen molar-refractivity contribution < 1.29 is 4.79 Å². The van der Waals surface area contributed by atoms with Gasteiger partial charge in [-0.15, -0.1) is 0 Å². The Morgan fingerprint density at radius 2 is 2.38 bits per heavy atom. The summed E-state index contributed by atoms with van der Waals surface area (Å²) in [6, 6.07) is 3.69. The molecule has 0 aliphatic carbocycles. The number of likely N-dealkylation sites (tertiary alicyclic amines) is 1. The fraction of sp³-hybridized carbons (Fsp3) is 0.500. The van der Waals surface area contributed by atoms with Gasteiger partial charge in [0.15, 0.2) is 0 Å². The molecule has 1 aromatic rings. The van der Waals surface area contributed by atoms with Crippen molar-refractivity contribution in [2.45, 2.75) is 32.2 Å². The van der Waals surface area contributed by atoms with Crippen LogP contribution in [0.1, 0.15) is 36.5 Å². The van der Waals surface area contributed by atoms with Crippen LogP contribution in [0.5, 0.6) is 0 Å². The summed E-state index contributed by atoms with van der Waals surface area (Å²) >= 11 is 0. The average molecular weight is 219 g/mol. The van der Waals surface area contributed by atoms with Gasteiger partial charge < -0.3 is 10.6 Å². The molecule has 1 unspecified atom stereocenters. The molecule has 1 aromatic heterocycles. The summed E-state index contributed by atoms with van der Waals surface area (Å²) in [5, 5.41) is 0. The molecule has 2 N–H and O–H groups in total. The number of aromatic nitrogens is 1. The zero-order valence-electron chi connectivity index (χ0n) is 9.52. The molecule has 1 aliphatic heterocycles. The molecular weight excluding hydrogens is 202 g/mol. The molecule has 1 amide bonds. The molecule has 0 saturated carbocycles. The van der Waals surface area contributed by atoms with Crippen LogP contribution >= 0.6 is 0 Å². The highest BCUT2D eigenvalue weighted by atomic mass is 16.2. The van der Waals surface area contributed by atoms with Crippen LogP contribution in [-0.2, 0) is 0 Å². The number of pyridine rings is 1. The Balaban J connectivity index is 2.17. The standard InChI is InChI=1S/C12H17N3O/c1-9-4-2-3-7-15(9)12(16)10-5-6-14-11(13)8-10/h5-6,8-9H,2-4,7H2,1H3,(H2,13,14). The first-order chi connectivity index (χ1) is 7.68. The zero-order valence-corrected chi connectivity index (χ0v) is 9.52. The summed E-state index contributed by atoms with van der Waals surface area (Å²) in [6.07, 6.45) is 4.98. The first kappa shape index (κ1) is 10.9. The van der Waals surface area contributed by atoms with Gasteiger partial charge in [0.1, 0.15) is 5.82 Å². The molecule has 2 heterocycles. The number of piperidine rings is 1. The van der Waals surface area contributed by atoms with E-state index >= 15 is 0 Å². The van der Waals surface area contributed by atoms with Crippen LogP contribution in [0.15, 0.2) is 18.3 Å². The number of nitrogens with zero attached hydrogens (tertiary/aromatic N) is 2. The largest absolute Gasteiger partial charge is 0.384 e. The molecule has 0 aromatic carbocycles. The molecule has 4 heteroatoms. The minimum Gasteiger partial charge on any atom is -0.384 e. The Hall–Kier alpha value is -1.58. The van der Waals surface area contributed by atoms with Crippen molar-refractivity contribution in [3.05, 3.63) is 23.9 Å². The maximum absolute atomic E-state index is 12.2. The molecule has 4 nitrogen and oxygen atoms in total. The van der Waals surface area contributed by atoms with E-state index in [4.69, 9.17) is 5.73 Å². The van der Waals surface area contributed by atoms with E-state index in [1.165, 1.54) is 6.42 Å². The van der Waals surface area contributed by atoms with E-state index in [9.17, 15) is 4.79 Å². The Kier molecular flexibility index (Phi) is 3.08. The lowest BCUT2D eigenvalue weighted by molar-refractivity contribution is 0.0635. The van der Waals surface area contributed by atoms with E-state index in [-0.39, 0.29) is 5.91 Å². The first-order valence-corrected chi connectivity index (χ1v) is 5.71. The number of carbonyl (C=O) groups is 1. The third-order valence-corrected chi connectivity index (χ3v) is 3.09. The van der Waals surface area contributed by atoms with Crippen LogP contribution in [0.25, 0.3) is 0 Å². The number of nitrogen functional groups attached to an aromatic ring is 1. The van der Waals surface area contributed by atoms with Crippen LogP contribution in [0, 0.1) is 0 Å². The number of hydrogen-bond acceptors (Lipinski definition) is 3. The SMILES string of the molecule is CC1CCCCN1C(=O)c1ccnc(N)c1. The van der Waals surface area contributed by atoms with E-state index in [1.807, 2.05) is 4.90 Å². The van der Waals surface area contributed by atoms with E-state index < -0.39 is 0 Å². The van der Waals surface area contributed by atoms with Gasteiger partial charge in [-0.2, -0.15) is 0 Å². The minimum atomic E-state index is 0.0706. The van der Waals surface area contributed by atoms with E-state index in [0.29, 0.717) is 17.4 Å². The van der Waals surface area contributed by atoms with Crippen molar-refractivity contribution in [3.8, 4) is 0 Å². The predicted octanol–water partition coefficient (Wildman–Crippen LogP) is 1.68. The number of rotatable bonds is 1. The number of anilines is 1. The van der Waals surface area contributed by atoms with Crippen LogP contribution < -0.4 is 5.73 Å². The van der Waals surface area contributed by atoms with Gasteiger partial charge in [-0.3, -0.25) is 4.79 Å². The minimum absolute atomic E-state index is 0.0706. The smallest absolute Gasteiger partial charge is 0.254 e. The summed E-state index contributed by atoms with van der Waals surface area (Å²) < 4.78 is 0. The molecule has 16 heavy (non-hydrogen) atoms. The maximum atomic E-state index is 12.2. The number of carbonyl (C=O) groups excluding carboxylic acids is 1. The summed E-state index contributed by atoms with van der Waals surface area (Å²) in [5.74, 6) is 0.469. The Morgan fingerprint density at radius 3 is 3.06 bits per heavy atom. The van der Waals surface area contributed by atoms with Crippen LogP contribution in [-0.4, -0.2) is 28.4 Å². The lowest BCUT2D eigenvalue weighted by Crippen LogP contribution is -2.42. The van der Waals surface area contributed by atoms with Crippen LogP contribution in [0.4, 0.5) is 5.82 Å². The van der Waals surface area contributed by atoms with Gasteiger partial charge in [-0.1, -0.05) is 0 Å². The van der Waals surface area contributed by atoms with Crippen molar-refractivity contribution in [1.29, 1.82) is 0 Å². The number of nitrogens with two attached hydrogens (primary N) is 1. The quantitative estimate of drug-likeness (QED) is 0.781. The highest BCUT2D eigenvalue weighted by molar-refractivity contribution is 5.95. The lowest BCUT2D eigenvalue weighted by atomic mass is 10.0. The van der Waals surface area contributed by atoms with Crippen LogP contribution in [0.2, 0.25) is 0 Å². The maximum Gasteiger partial charge on any atom is 0.254 e. The third-order valence-electron chi connectivity index (χ3n) is 3.09. The molecular formula is C12H17N3O. The summed E-state index contributed by atoms with van der Waals surface area (Å²) in [5.41, 5.74) is 6.22. The normalized spacial score (nSPS) is 20.8. The second-order valence-electron chi connectivity index (χ2n) is 4.31. The molecule has 2 rings (SSSR count). The second kappa shape index (κ2) is 4.51. The van der Waals surface area contributed by atoms with E-state index in [0.717, 1.165) is 19.4 Å². The molecule has 1 saturated heterocycles. The predicted molar refractivity (Wildman–Crippen MR) is 63.0 cm³/mol. The first-order valence-electron chi connectivity index (χ1n) is 5.71. The van der Waals surface area contributed by atoms with Gasteiger partial charge in [0.25, 0.3) is 5.91 Å². The van der Waals surface area contributed by atoms with Crippen molar-refractivity contribution in [2.24, 2.45) is 0 Å². The van der Waals surface area contributed by atoms with Gasteiger partial charge >= 0.3 is 0 Å². The van der Waals surface area contributed by atoms with E-state index in [2.05, 4.69) is 11.9 Å². The topological polar surface area (TPSA) is 59.2 Å². The Bertz CT molecular complexity index is 392. The summed E-state index contributed by atoms with van der Waals surface area (Å²) in [7, 11) is 0. The molecule has 0 spiro atoms. The molecule has 1 aliphatic rings. The molecule has 1 atom stereocenters. The molecule has 0 radical (unpaired) electrons. The molecule has 86 valence electrons. The number of amides is 1. The van der Waals surface area contributed by atoms with Gasteiger partial charge in [-0.05, 0) is 38.3 Å². The number of hydrogen-bond donors (Lipinski definition) is 1. The Labute approximate surface area is 95.5 Å². The van der Waals surface area contributed by atoms with Crippen molar-refractivity contribution in [2.75, 3.05) is 12.3 Å². The second-order valence-corrected chi connectivity index (χ2v) is 4.31. The van der Waals surface area contributed by atoms with Crippen molar-refractivity contribution in [3.63, 3.8) is 0 Å². The van der Waals surface area contributed by atoms with Crippen LogP contribution in [0.3, 0.4) is 0 Å². The fourth-order valence-corrected chi connectivity index (χ4v) is 2.15. The highest BCUT2D eigenvalue weighted by Crippen LogP contribution is 2.19. The monoisotopic (exact) mass is 219 g/mol. The molecule has 0 bridgehead atoms. The summed E-state index contributed by atoms with van der Waals surface area (Å²) in [6.45, 7) is 2.95. The van der Waals surface area contributed by atoms with Crippen molar-refractivity contribution in [1.82, 2.24) is 9.88 Å². The lowest BCUT2D eigenvalue weighted by Gasteiger charge is -2.33. The van der Waals surface area contributed by atoms with Gasteiger partial charge in [-0.25, -0.2) is 4.98 Å². The fourth-order valence-electron chi connectivity index (χ4n) is 2.15. The van der Waals surface area contributed by atoms with Gasteiger partial charge in [0, 0.05) is 24.3 Å². The zero-order chi connectivity index (χ0) is 11.5. The van der Waals surface area contributed by atoms with Gasteiger partial charge in [0.05, 0.1) is 0 Å². The highest BCUT2D eigenvalue weighted by Gasteiger charge is 2.24. The Morgan fingerprint density at radius 1 is 1.56 bits per heavy atom. The van der Waals surface area contributed by atoms with E-state index in [1.54, 1.807) is 18.3 Å².